The molecule has 1 atom stereocenters. The Kier molecular flexibility index (Phi) is 3.27. The predicted octanol–water partition coefficient (Wildman–Crippen LogP) is 2.47. The van der Waals surface area contributed by atoms with Gasteiger partial charge in [-0.1, -0.05) is 12.1 Å². The zero-order valence-electron chi connectivity index (χ0n) is 9.57. The lowest BCUT2D eigenvalue weighted by Crippen LogP contribution is -2.21. The Bertz CT molecular complexity index is 299. The summed E-state index contributed by atoms with van der Waals surface area (Å²) in [6.07, 6.45) is 1.56. The lowest BCUT2D eigenvalue weighted by molar-refractivity contribution is 0.407. The molecule has 1 unspecified atom stereocenters. The molecule has 1 aromatic rings. The van der Waals surface area contributed by atoms with E-state index in [0.29, 0.717) is 6.10 Å². The van der Waals surface area contributed by atoms with Crippen molar-refractivity contribution >= 4 is 5.69 Å². The zero-order chi connectivity index (χ0) is 10.7. The van der Waals surface area contributed by atoms with Crippen LogP contribution < -0.4 is 4.90 Å². The average Bonchev–Trinajstić information content (AvgIpc) is 3.06. The molecule has 1 fully saturated rings. The van der Waals surface area contributed by atoms with Crippen LogP contribution in [0.2, 0.25) is 0 Å². The molecule has 2 rings (SSSR count). The Balaban J connectivity index is 2.01. The smallest absolute Gasteiger partial charge is 0.0850 e. The molecule has 0 spiro atoms. The van der Waals surface area contributed by atoms with Gasteiger partial charge in [0.25, 0.3) is 0 Å². The van der Waals surface area contributed by atoms with Gasteiger partial charge in [0.05, 0.1) is 12.7 Å². The second kappa shape index (κ2) is 4.67. The molecule has 1 aliphatic rings. The summed E-state index contributed by atoms with van der Waals surface area (Å²) < 4.78 is 5.22. The summed E-state index contributed by atoms with van der Waals surface area (Å²) in [5.74, 6) is 0. The van der Waals surface area contributed by atoms with Gasteiger partial charge in [-0.15, -0.1) is 0 Å². The molecule has 0 aliphatic carbocycles. The van der Waals surface area contributed by atoms with Crippen LogP contribution in [0.15, 0.2) is 24.3 Å². The topological polar surface area (TPSA) is 15.8 Å². The zero-order valence-corrected chi connectivity index (χ0v) is 9.57. The Morgan fingerprint density at radius 3 is 2.27 bits per heavy atom. The number of epoxide rings is 1. The summed E-state index contributed by atoms with van der Waals surface area (Å²) in [7, 11) is 0. The van der Waals surface area contributed by atoms with Crippen LogP contribution in [0.4, 0.5) is 5.69 Å². The fraction of sp³-hybridized carbons (Fsp3) is 0.538. The molecule has 1 heterocycles. The maximum absolute atomic E-state index is 5.22. The summed E-state index contributed by atoms with van der Waals surface area (Å²) >= 11 is 0. The Labute approximate surface area is 91.9 Å². The van der Waals surface area contributed by atoms with Crippen molar-refractivity contribution < 1.29 is 4.74 Å². The summed E-state index contributed by atoms with van der Waals surface area (Å²) in [5, 5.41) is 0. The van der Waals surface area contributed by atoms with Gasteiger partial charge in [0.1, 0.15) is 0 Å². The van der Waals surface area contributed by atoms with Gasteiger partial charge < -0.3 is 9.64 Å². The van der Waals surface area contributed by atoms with Crippen molar-refractivity contribution in [2.24, 2.45) is 0 Å². The van der Waals surface area contributed by atoms with Gasteiger partial charge in [0, 0.05) is 25.2 Å². The van der Waals surface area contributed by atoms with E-state index in [9.17, 15) is 0 Å². The molecule has 2 nitrogen and oxygen atoms in total. The number of anilines is 1. The number of rotatable bonds is 5. The van der Waals surface area contributed by atoms with E-state index in [-0.39, 0.29) is 0 Å². The SMILES string of the molecule is CCN(CC)c1ccc(CC2CO2)cc1. The summed E-state index contributed by atoms with van der Waals surface area (Å²) in [5.41, 5.74) is 2.70. The average molecular weight is 205 g/mol. The lowest BCUT2D eigenvalue weighted by Gasteiger charge is -2.21. The molecule has 1 aromatic carbocycles. The first-order valence-electron chi connectivity index (χ1n) is 5.79. The van der Waals surface area contributed by atoms with Crippen molar-refractivity contribution in [3.05, 3.63) is 29.8 Å². The minimum Gasteiger partial charge on any atom is -0.373 e. The first-order chi connectivity index (χ1) is 7.33. The Hall–Kier alpha value is -1.02. The number of benzene rings is 1. The van der Waals surface area contributed by atoms with Gasteiger partial charge in [-0.05, 0) is 31.5 Å². The highest BCUT2D eigenvalue weighted by Gasteiger charge is 2.22. The third-order valence-corrected chi connectivity index (χ3v) is 2.93. The van der Waals surface area contributed by atoms with Gasteiger partial charge in [0.15, 0.2) is 0 Å². The quantitative estimate of drug-likeness (QED) is 0.686. The van der Waals surface area contributed by atoms with Crippen LogP contribution in [0.1, 0.15) is 19.4 Å². The van der Waals surface area contributed by atoms with E-state index in [1.807, 2.05) is 0 Å². The largest absolute Gasteiger partial charge is 0.373 e. The van der Waals surface area contributed by atoms with Crippen molar-refractivity contribution in [2.75, 3.05) is 24.6 Å². The van der Waals surface area contributed by atoms with Crippen molar-refractivity contribution in [3.63, 3.8) is 0 Å². The van der Waals surface area contributed by atoms with E-state index in [1.54, 1.807) is 0 Å². The molecule has 1 aliphatic heterocycles. The molecule has 2 heteroatoms. The van der Waals surface area contributed by atoms with Gasteiger partial charge in [-0.2, -0.15) is 0 Å². The third kappa shape index (κ3) is 2.72. The highest BCUT2D eigenvalue weighted by Crippen LogP contribution is 2.19. The second-order valence-corrected chi connectivity index (χ2v) is 4.00. The van der Waals surface area contributed by atoms with Crippen molar-refractivity contribution in [1.82, 2.24) is 0 Å². The standard InChI is InChI=1S/C13H19NO/c1-3-14(4-2)12-7-5-11(6-8-12)9-13-10-15-13/h5-8,13H,3-4,9-10H2,1-2H3. The van der Waals surface area contributed by atoms with E-state index in [1.165, 1.54) is 11.3 Å². The van der Waals surface area contributed by atoms with Crippen LogP contribution in [0.5, 0.6) is 0 Å². The maximum Gasteiger partial charge on any atom is 0.0850 e. The van der Waals surface area contributed by atoms with Crippen molar-refractivity contribution in [1.29, 1.82) is 0 Å². The molecule has 0 saturated carbocycles. The molecule has 0 aromatic heterocycles. The van der Waals surface area contributed by atoms with Gasteiger partial charge in [-0.25, -0.2) is 0 Å². The molecule has 15 heavy (non-hydrogen) atoms. The molecule has 0 amide bonds. The Morgan fingerprint density at radius 1 is 1.20 bits per heavy atom. The molecule has 0 bridgehead atoms. The first-order valence-corrected chi connectivity index (χ1v) is 5.79. The molecular weight excluding hydrogens is 186 g/mol. The highest BCUT2D eigenvalue weighted by atomic mass is 16.6. The van der Waals surface area contributed by atoms with E-state index in [2.05, 4.69) is 43.0 Å². The molecular formula is C13H19NO. The molecule has 0 N–H and O–H groups in total. The van der Waals surface area contributed by atoms with Crippen molar-refractivity contribution in [2.45, 2.75) is 26.4 Å². The minimum atomic E-state index is 0.490. The predicted molar refractivity (Wildman–Crippen MR) is 63.4 cm³/mol. The Morgan fingerprint density at radius 2 is 1.80 bits per heavy atom. The molecule has 0 radical (unpaired) electrons. The van der Waals surface area contributed by atoms with Crippen LogP contribution in [0.3, 0.4) is 0 Å². The summed E-state index contributed by atoms with van der Waals surface area (Å²) in [4.78, 5) is 2.36. The second-order valence-electron chi connectivity index (χ2n) is 4.00. The van der Waals surface area contributed by atoms with E-state index >= 15 is 0 Å². The van der Waals surface area contributed by atoms with Gasteiger partial charge >= 0.3 is 0 Å². The number of ether oxygens (including phenoxy) is 1. The maximum atomic E-state index is 5.22. The molecule has 1 saturated heterocycles. The van der Waals surface area contributed by atoms with Crippen LogP contribution in [0.25, 0.3) is 0 Å². The van der Waals surface area contributed by atoms with Gasteiger partial charge in [0.2, 0.25) is 0 Å². The monoisotopic (exact) mass is 205 g/mol. The van der Waals surface area contributed by atoms with Crippen LogP contribution >= 0.6 is 0 Å². The lowest BCUT2D eigenvalue weighted by atomic mass is 10.1. The van der Waals surface area contributed by atoms with Crippen LogP contribution in [-0.4, -0.2) is 25.8 Å². The van der Waals surface area contributed by atoms with Crippen LogP contribution in [-0.2, 0) is 11.2 Å². The van der Waals surface area contributed by atoms with E-state index in [0.717, 1.165) is 26.1 Å². The van der Waals surface area contributed by atoms with Crippen LogP contribution in [0, 0.1) is 0 Å². The van der Waals surface area contributed by atoms with Crippen molar-refractivity contribution in [3.8, 4) is 0 Å². The van der Waals surface area contributed by atoms with Gasteiger partial charge in [-0.3, -0.25) is 0 Å². The van der Waals surface area contributed by atoms with E-state index in [4.69, 9.17) is 4.74 Å². The first kappa shape index (κ1) is 10.5. The fourth-order valence-corrected chi connectivity index (χ4v) is 1.88. The normalized spacial score (nSPS) is 18.9. The fourth-order valence-electron chi connectivity index (χ4n) is 1.88. The summed E-state index contributed by atoms with van der Waals surface area (Å²) in [6, 6.07) is 8.86. The van der Waals surface area contributed by atoms with E-state index < -0.39 is 0 Å². The molecule has 82 valence electrons. The number of nitrogens with zero attached hydrogens (tertiary/aromatic N) is 1. The number of hydrogen-bond donors (Lipinski definition) is 0. The third-order valence-electron chi connectivity index (χ3n) is 2.93. The summed E-state index contributed by atoms with van der Waals surface area (Å²) in [6.45, 7) is 7.46. The highest BCUT2D eigenvalue weighted by molar-refractivity contribution is 5.47. The minimum absolute atomic E-state index is 0.490. The number of hydrogen-bond acceptors (Lipinski definition) is 2.